The average Bonchev–Trinajstić information content (AvgIpc) is 2.72. The largest absolute Gasteiger partial charge is 0.377 e. The molecule has 3 rings (SSSR count). The second-order valence-electron chi connectivity index (χ2n) is 7.19. The minimum absolute atomic E-state index is 0.187. The lowest BCUT2D eigenvalue weighted by Crippen LogP contribution is -2.35. The van der Waals surface area contributed by atoms with Gasteiger partial charge in [0.15, 0.2) is 0 Å². The SMILES string of the molecule is [CH2]Cc1ccc(COCCC2CCN(c3ncc(CC)cn3)CC2)cc1F. The van der Waals surface area contributed by atoms with Gasteiger partial charge in [-0.1, -0.05) is 19.1 Å². The van der Waals surface area contributed by atoms with Crippen molar-refractivity contribution in [2.24, 2.45) is 5.92 Å². The molecule has 1 aliphatic heterocycles. The highest BCUT2D eigenvalue weighted by Gasteiger charge is 2.20. The van der Waals surface area contributed by atoms with E-state index in [1.807, 2.05) is 18.5 Å². The third-order valence-electron chi connectivity index (χ3n) is 5.32. The van der Waals surface area contributed by atoms with Crippen LogP contribution in [0.3, 0.4) is 0 Å². The number of halogens is 1. The fourth-order valence-electron chi connectivity index (χ4n) is 3.44. The quantitative estimate of drug-likeness (QED) is 0.647. The maximum absolute atomic E-state index is 13.8. The second-order valence-corrected chi connectivity index (χ2v) is 7.19. The summed E-state index contributed by atoms with van der Waals surface area (Å²) in [4.78, 5) is 11.2. The molecule has 2 heterocycles. The van der Waals surface area contributed by atoms with Gasteiger partial charge in [-0.15, -0.1) is 0 Å². The number of aryl methyl sites for hydroxylation is 1. The minimum Gasteiger partial charge on any atom is -0.377 e. The zero-order valence-electron chi connectivity index (χ0n) is 16.2. The van der Waals surface area contributed by atoms with Crippen LogP contribution in [0.15, 0.2) is 30.6 Å². The van der Waals surface area contributed by atoms with Gasteiger partial charge >= 0.3 is 0 Å². The number of anilines is 1. The Morgan fingerprint density at radius 1 is 1.19 bits per heavy atom. The number of benzene rings is 1. The van der Waals surface area contributed by atoms with Crippen LogP contribution >= 0.6 is 0 Å². The van der Waals surface area contributed by atoms with E-state index in [1.54, 1.807) is 12.1 Å². The Hall–Kier alpha value is -2.01. The minimum atomic E-state index is -0.187. The van der Waals surface area contributed by atoms with Crippen LogP contribution in [-0.4, -0.2) is 29.7 Å². The van der Waals surface area contributed by atoms with Crippen molar-refractivity contribution in [2.45, 2.75) is 45.6 Å². The zero-order valence-corrected chi connectivity index (χ0v) is 16.2. The van der Waals surface area contributed by atoms with Gasteiger partial charge < -0.3 is 9.64 Å². The Morgan fingerprint density at radius 2 is 1.93 bits per heavy atom. The van der Waals surface area contributed by atoms with Crippen molar-refractivity contribution < 1.29 is 9.13 Å². The van der Waals surface area contributed by atoms with E-state index in [-0.39, 0.29) is 5.82 Å². The highest BCUT2D eigenvalue weighted by atomic mass is 19.1. The van der Waals surface area contributed by atoms with Crippen molar-refractivity contribution in [2.75, 3.05) is 24.6 Å². The normalized spacial score (nSPS) is 15.3. The summed E-state index contributed by atoms with van der Waals surface area (Å²) in [5.74, 6) is 1.32. The molecule has 0 spiro atoms. The molecule has 1 aliphatic rings. The molecular formula is C22H29FN3O. The number of aromatic nitrogens is 2. The predicted octanol–water partition coefficient (Wildman–Crippen LogP) is 4.38. The maximum Gasteiger partial charge on any atom is 0.225 e. The van der Waals surface area contributed by atoms with Crippen LogP contribution < -0.4 is 4.90 Å². The lowest BCUT2D eigenvalue weighted by molar-refractivity contribution is 0.103. The van der Waals surface area contributed by atoms with Crippen LogP contribution in [0, 0.1) is 18.7 Å². The van der Waals surface area contributed by atoms with Crippen molar-refractivity contribution in [1.82, 2.24) is 9.97 Å². The fourth-order valence-corrected chi connectivity index (χ4v) is 3.44. The monoisotopic (exact) mass is 370 g/mol. The summed E-state index contributed by atoms with van der Waals surface area (Å²) in [5.41, 5.74) is 2.71. The van der Waals surface area contributed by atoms with E-state index < -0.39 is 0 Å². The zero-order chi connectivity index (χ0) is 19.1. The third-order valence-corrected chi connectivity index (χ3v) is 5.32. The van der Waals surface area contributed by atoms with Gasteiger partial charge in [-0.05, 0) is 67.7 Å². The molecule has 0 N–H and O–H groups in total. The van der Waals surface area contributed by atoms with E-state index in [9.17, 15) is 4.39 Å². The lowest BCUT2D eigenvalue weighted by Gasteiger charge is -2.32. The van der Waals surface area contributed by atoms with Crippen molar-refractivity contribution in [1.29, 1.82) is 0 Å². The first-order valence-electron chi connectivity index (χ1n) is 9.89. The molecule has 4 nitrogen and oxygen atoms in total. The number of piperidine rings is 1. The van der Waals surface area contributed by atoms with E-state index in [4.69, 9.17) is 4.74 Å². The average molecular weight is 370 g/mol. The molecule has 1 aromatic heterocycles. The van der Waals surface area contributed by atoms with Gasteiger partial charge in [0.2, 0.25) is 5.95 Å². The van der Waals surface area contributed by atoms with E-state index in [0.717, 1.165) is 50.3 Å². The van der Waals surface area contributed by atoms with Gasteiger partial charge in [0.1, 0.15) is 5.82 Å². The molecule has 0 amide bonds. The van der Waals surface area contributed by atoms with Gasteiger partial charge in [0.05, 0.1) is 6.61 Å². The first-order chi connectivity index (χ1) is 13.2. The Kier molecular flexibility index (Phi) is 7.16. The molecule has 5 heteroatoms. The van der Waals surface area contributed by atoms with Crippen LogP contribution in [0.5, 0.6) is 0 Å². The summed E-state index contributed by atoms with van der Waals surface area (Å²) in [6.45, 7) is 9.00. The molecule has 1 aromatic carbocycles. The van der Waals surface area contributed by atoms with Crippen LogP contribution in [0.4, 0.5) is 10.3 Å². The van der Waals surface area contributed by atoms with E-state index in [2.05, 4.69) is 28.7 Å². The van der Waals surface area contributed by atoms with Crippen molar-refractivity contribution in [3.63, 3.8) is 0 Å². The van der Waals surface area contributed by atoms with Crippen molar-refractivity contribution >= 4 is 5.95 Å². The molecule has 1 radical (unpaired) electrons. The van der Waals surface area contributed by atoms with Crippen LogP contribution in [0.25, 0.3) is 0 Å². The maximum atomic E-state index is 13.8. The highest BCUT2D eigenvalue weighted by molar-refractivity contribution is 5.30. The number of nitrogens with zero attached hydrogens (tertiary/aromatic N) is 3. The molecular weight excluding hydrogens is 341 g/mol. The van der Waals surface area contributed by atoms with Gasteiger partial charge in [-0.3, -0.25) is 0 Å². The molecule has 27 heavy (non-hydrogen) atoms. The summed E-state index contributed by atoms with van der Waals surface area (Å²) in [6, 6.07) is 5.28. The first kappa shape index (κ1) is 19.7. The Bertz CT molecular complexity index is 712. The Labute approximate surface area is 161 Å². The first-order valence-corrected chi connectivity index (χ1v) is 9.89. The van der Waals surface area contributed by atoms with Crippen molar-refractivity contribution in [3.05, 3.63) is 60.0 Å². The number of hydrogen-bond acceptors (Lipinski definition) is 4. The smallest absolute Gasteiger partial charge is 0.225 e. The second kappa shape index (κ2) is 9.79. The molecule has 0 bridgehead atoms. The van der Waals surface area contributed by atoms with Gasteiger partial charge in [-0.25, -0.2) is 14.4 Å². The van der Waals surface area contributed by atoms with Gasteiger partial charge in [0, 0.05) is 32.1 Å². The predicted molar refractivity (Wildman–Crippen MR) is 106 cm³/mol. The van der Waals surface area contributed by atoms with Crippen LogP contribution in [0.2, 0.25) is 0 Å². The third kappa shape index (κ3) is 5.48. The molecule has 0 atom stereocenters. The topological polar surface area (TPSA) is 38.2 Å². The molecule has 145 valence electrons. The number of rotatable bonds is 8. The Morgan fingerprint density at radius 3 is 2.56 bits per heavy atom. The molecule has 1 saturated heterocycles. The summed E-state index contributed by atoms with van der Waals surface area (Å²) < 4.78 is 19.5. The lowest BCUT2D eigenvalue weighted by atomic mass is 9.94. The van der Waals surface area contributed by atoms with E-state index in [1.165, 1.54) is 5.56 Å². The fraction of sp³-hybridized carbons (Fsp3) is 0.500. The standard InChI is InChI=1S/C22H29FN3O/c1-3-17-14-24-22(25-15-17)26-10-7-18(8-11-26)9-12-27-16-19-5-6-20(4-2)21(23)13-19/h5-6,13-15,18H,2-4,7-12,16H2,1H3. The summed E-state index contributed by atoms with van der Waals surface area (Å²) >= 11 is 0. The highest BCUT2D eigenvalue weighted by Crippen LogP contribution is 2.23. The molecule has 2 aromatic rings. The number of hydrogen-bond donors (Lipinski definition) is 0. The molecule has 1 fully saturated rings. The number of ether oxygens (including phenoxy) is 1. The molecule has 0 aliphatic carbocycles. The van der Waals surface area contributed by atoms with Gasteiger partial charge in [-0.2, -0.15) is 0 Å². The van der Waals surface area contributed by atoms with E-state index >= 15 is 0 Å². The summed E-state index contributed by atoms with van der Waals surface area (Å²) in [7, 11) is 0. The summed E-state index contributed by atoms with van der Waals surface area (Å²) in [5, 5.41) is 0. The van der Waals surface area contributed by atoms with Gasteiger partial charge in [0.25, 0.3) is 0 Å². The summed E-state index contributed by atoms with van der Waals surface area (Å²) in [6.07, 6.45) is 8.60. The van der Waals surface area contributed by atoms with Crippen LogP contribution in [0.1, 0.15) is 42.9 Å². The Balaban J connectivity index is 1.36. The molecule has 0 unspecified atom stereocenters. The molecule has 0 saturated carbocycles. The van der Waals surface area contributed by atoms with Crippen molar-refractivity contribution in [3.8, 4) is 0 Å². The van der Waals surface area contributed by atoms with E-state index in [0.29, 0.717) is 31.1 Å². The van der Waals surface area contributed by atoms with Crippen LogP contribution in [-0.2, 0) is 24.2 Å².